The lowest BCUT2D eigenvalue weighted by molar-refractivity contribution is 0.186. The molecule has 2 aromatic rings. The first kappa shape index (κ1) is 15.8. The van der Waals surface area contributed by atoms with Crippen molar-refractivity contribution in [2.75, 3.05) is 19.0 Å². The molecular weight excluding hydrogens is 292 g/mol. The van der Waals surface area contributed by atoms with Crippen LogP contribution in [0.3, 0.4) is 0 Å². The number of alkyl halides is 2. The molecule has 2 nitrogen and oxygen atoms in total. The zero-order valence-corrected chi connectivity index (χ0v) is 12.4. The van der Waals surface area contributed by atoms with Crippen molar-refractivity contribution in [2.45, 2.75) is 16.7 Å². The predicted octanol–water partition coefficient (Wildman–Crippen LogP) is 4.80. The monoisotopic (exact) mass is 309 g/mol. The number of methoxy groups -OCH3 is 1. The summed E-state index contributed by atoms with van der Waals surface area (Å²) in [5.41, 5.74) is 1.99. The van der Waals surface area contributed by atoms with Crippen molar-refractivity contribution < 1.29 is 13.5 Å². The van der Waals surface area contributed by atoms with Gasteiger partial charge in [0, 0.05) is 17.7 Å². The molecule has 0 aliphatic heterocycles. The van der Waals surface area contributed by atoms with Gasteiger partial charge < -0.3 is 10.1 Å². The van der Waals surface area contributed by atoms with Crippen LogP contribution in [0.2, 0.25) is 0 Å². The molecule has 1 unspecified atom stereocenters. The van der Waals surface area contributed by atoms with Crippen molar-refractivity contribution in [3.8, 4) is 0 Å². The van der Waals surface area contributed by atoms with Crippen molar-refractivity contribution in [3.05, 3.63) is 60.2 Å². The number of nitrogens with one attached hydrogen (secondary N) is 1. The van der Waals surface area contributed by atoms with Crippen LogP contribution in [0.5, 0.6) is 0 Å². The summed E-state index contributed by atoms with van der Waals surface area (Å²) in [5.74, 6) is -2.39. The zero-order valence-electron chi connectivity index (χ0n) is 11.6. The fourth-order valence-electron chi connectivity index (χ4n) is 2.01. The maximum absolute atomic E-state index is 12.3. The van der Waals surface area contributed by atoms with Crippen LogP contribution in [0.4, 0.5) is 14.5 Å². The molecule has 0 aromatic heterocycles. The third-order valence-corrected chi connectivity index (χ3v) is 3.68. The minimum atomic E-state index is -2.39. The van der Waals surface area contributed by atoms with Crippen molar-refractivity contribution in [1.29, 1.82) is 0 Å². The molecule has 0 bridgehead atoms. The van der Waals surface area contributed by atoms with Gasteiger partial charge in [0.1, 0.15) is 0 Å². The highest BCUT2D eigenvalue weighted by atomic mass is 32.2. The summed E-state index contributed by atoms with van der Waals surface area (Å²) in [7, 11) is 1.65. The number of thioether (sulfide) groups is 1. The average Bonchev–Trinajstić information content (AvgIpc) is 2.49. The number of ether oxygens (including phenoxy) is 1. The van der Waals surface area contributed by atoms with E-state index in [9.17, 15) is 8.78 Å². The number of benzene rings is 2. The molecular formula is C16H17F2NOS. The Morgan fingerprint density at radius 1 is 1.05 bits per heavy atom. The van der Waals surface area contributed by atoms with Gasteiger partial charge in [-0.2, -0.15) is 8.78 Å². The minimum Gasteiger partial charge on any atom is -0.382 e. The van der Waals surface area contributed by atoms with Crippen LogP contribution < -0.4 is 5.32 Å². The maximum Gasteiger partial charge on any atom is 0.288 e. The Labute approximate surface area is 127 Å². The van der Waals surface area contributed by atoms with Gasteiger partial charge in [-0.05, 0) is 29.8 Å². The van der Waals surface area contributed by atoms with E-state index in [0.29, 0.717) is 23.3 Å². The van der Waals surface area contributed by atoms with Crippen LogP contribution in [0, 0.1) is 0 Å². The lowest BCUT2D eigenvalue weighted by Crippen LogP contribution is -2.16. The molecule has 0 radical (unpaired) electrons. The Kier molecular flexibility index (Phi) is 6.02. The molecule has 0 fully saturated rings. The van der Waals surface area contributed by atoms with E-state index < -0.39 is 5.76 Å². The van der Waals surface area contributed by atoms with Crippen molar-refractivity contribution >= 4 is 17.4 Å². The van der Waals surface area contributed by atoms with E-state index in [-0.39, 0.29) is 6.04 Å². The van der Waals surface area contributed by atoms with Gasteiger partial charge in [0.25, 0.3) is 5.76 Å². The van der Waals surface area contributed by atoms with E-state index in [4.69, 9.17) is 4.74 Å². The Morgan fingerprint density at radius 3 is 2.29 bits per heavy atom. The lowest BCUT2D eigenvalue weighted by atomic mass is 10.1. The molecule has 1 N–H and O–H groups in total. The summed E-state index contributed by atoms with van der Waals surface area (Å²) in [5, 5.41) is 3.35. The molecule has 5 heteroatoms. The topological polar surface area (TPSA) is 21.3 Å². The van der Waals surface area contributed by atoms with E-state index in [1.807, 2.05) is 30.3 Å². The smallest absolute Gasteiger partial charge is 0.288 e. The minimum absolute atomic E-state index is 0.0183. The van der Waals surface area contributed by atoms with Crippen LogP contribution >= 0.6 is 11.8 Å². The fourth-order valence-corrected chi connectivity index (χ4v) is 2.51. The van der Waals surface area contributed by atoms with Crippen molar-refractivity contribution in [3.63, 3.8) is 0 Å². The normalized spacial score (nSPS) is 12.4. The Morgan fingerprint density at radius 2 is 1.71 bits per heavy atom. The van der Waals surface area contributed by atoms with E-state index >= 15 is 0 Å². The molecule has 0 saturated carbocycles. The molecule has 0 spiro atoms. The molecule has 0 saturated heterocycles. The Hall–Kier alpha value is -1.59. The molecule has 2 rings (SSSR count). The maximum atomic E-state index is 12.3. The summed E-state index contributed by atoms with van der Waals surface area (Å²) in [6, 6.07) is 17.0. The van der Waals surface area contributed by atoms with E-state index in [2.05, 4.69) is 5.32 Å². The van der Waals surface area contributed by atoms with E-state index in [1.54, 1.807) is 31.4 Å². The first-order valence-electron chi connectivity index (χ1n) is 6.54. The number of halogens is 2. The molecule has 0 aliphatic carbocycles. The van der Waals surface area contributed by atoms with Crippen LogP contribution in [0.1, 0.15) is 11.6 Å². The SMILES string of the molecule is COCC(Nc1ccc(SC(F)F)cc1)c1ccccc1. The summed E-state index contributed by atoms with van der Waals surface area (Å²) in [6.45, 7) is 0.525. The molecule has 2 aromatic carbocycles. The number of rotatable bonds is 7. The second-order valence-corrected chi connectivity index (χ2v) is 5.53. The standard InChI is InChI=1S/C16H17F2NOS/c1-20-11-15(12-5-3-2-4-6-12)19-13-7-9-14(10-8-13)21-16(17)18/h2-10,15-16,19H,11H2,1H3. The van der Waals surface area contributed by atoms with Crippen LogP contribution in [0.25, 0.3) is 0 Å². The summed E-state index contributed by atoms with van der Waals surface area (Å²) in [4.78, 5) is 0.554. The first-order chi connectivity index (χ1) is 10.2. The second kappa shape index (κ2) is 8.00. The molecule has 21 heavy (non-hydrogen) atoms. The van der Waals surface area contributed by atoms with Crippen LogP contribution in [-0.2, 0) is 4.74 Å². The van der Waals surface area contributed by atoms with Gasteiger partial charge in [-0.3, -0.25) is 0 Å². The molecule has 112 valence electrons. The fraction of sp³-hybridized carbons (Fsp3) is 0.250. The average molecular weight is 309 g/mol. The number of hydrogen-bond acceptors (Lipinski definition) is 3. The summed E-state index contributed by atoms with van der Waals surface area (Å²) >= 11 is 0.547. The van der Waals surface area contributed by atoms with Crippen LogP contribution in [0.15, 0.2) is 59.5 Å². The number of hydrogen-bond donors (Lipinski definition) is 1. The highest BCUT2D eigenvalue weighted by Crippen LogP contribution is 2.27. The quantitative estimate of drug-likeness (QED) is 0.742. The first-order valence-corrected chi connectivity index (χ1v) is 7.42. The summed E-state index contributed by atoms with van der Waals surface area (Å²) in [6.07, 6.45) is 0. The van der Waals surface area contributed by atoms with Gasteiger partial charge in [0.05, 0.1) is 12.6 Å². The lowest BCUT2D eigenvalue weighted by Gasteiger charge is -2.19. The van der Waals surface area contributed by atoms with Crippen LogP contribution in [-0.4, -0.2) is 19.5 Å². The Bertz CT molecular complexity index is 534. The third-order valence-electron chi connectivity index (χ3n) is 2.96. The van der Waals surface area contributed by atoms with Gasteiger partial charge in [0.15, 0.2) is 0 Å². The van der Waals surface area contributed by atoms with Crippen molar-refractivity contribution in [2.24, 2.45) is 0 Å². The molecule has 0 heterocycles. The Balaban J connectivity index is 2.06. The third kappa shape index (κ3) is 5.02. The summed E-state index contributed by atoms with van der Waals surface area (Å²) < 4.78 is 29.8. The van der Waals surface area contributed by atoms with Gasteiger partial charge in [0.2, 0.25) is 0 Å². The molecule has 1 atom stereocenters. The predicted molar refractivity (Wildman–Crippen MR) is 83.0 cm³/mol. The van der Waals surface area contributed by atoms with Gasteiger partial charge in [-0.1, -0.05) is 42.1 Å². The zero-order chi connectivity index (χ0) is 15.1. The van der Waals surface area contributed by atoms with Crippen molar-refractivity contribution in [1.82, 2.24) is 0 Å². The number of anilines is 1. The largest absolute Gasteiger partial charge is 0.382 e. The molecule has 0 amide bonds. The van der Waals surface area contributed by atoms with E-state index in [1.165, 1.54) is 0 Å². The second-order valence-electron chi connectivity index (χ2n) is 4.47. The highest BCUT2D eigenvalue weighted by molar-refractivity contribution is 7.99. The van der Waals surface area contributed by atoms with E-state index in [0.717, 1.165) is 11.3 Å². The van der Waals surface area contributed by atoms with Gasteiger partial charge in [-0.15, -0.1) is 0 Å². The van der Waals surface area contributed by atoms with Gasteiger partial charge >= 0.3 is 0 Å². The molecule has 0 aliphatic rings. The highest BCUT2D eigenvalue weighted by Gasteiger charge is 2.11. The van der Waals surface area contributed by atoms with Gasteiger partial charge in [-0.25, -0.2) is 0 Å².